The Morgan fingerprint density at radius 1 is 1.38 bits per heavy atom. The summed E-state index contributed by atoms with van der Waals surface area (Å²) in [5, 5.41) is 4.91. The van der Waals surface area contributed by atoms with E-state index in [1.807, 2.05) is 26.0 Å². The molecule has 0 aliphatic rings. The molecule has 24 heavy (non-hydrogen) atoms. The second kappa shape index (κ2) is 6.84. The van der Waals surface area contributed by atoms with Gasteiger partial charge < -0.3 is 15.6 Å². The molecule has 7 heteroatoms. The Labute approximate surface area is 144 Å². The van der Waals surface area contributed by atoms with E-state index in [1.54, 1.807) is 23.6 Å². The van der Waals surface area contributed by atoms with Gasteiger partial charge in [-0.25, -0.2) is 9.97 Å². The standard InChI is InChI=1S/C17H19N5OS/c1-11-8-14(12(2)22(11)10-13-4-3-7-24-13)17(23)20-9-16-19-6-5-15(18)21-16/h3-8H,9-10H2,1-2H3,(H,20,23)(H2,18,19,21). The van der Waals surface area contributed by atoms with Crippen LogP contribution in [0, 0.1) is 13.8 Å². The summed E-state index contributed by atoms with van der Waals surface area (Å²) in [6, 6.07) is 7.66. The van der Waals surface area contributed by atoms with Crippen molar-refractivity contribution in [3.8, 4) is 0 Å². The first-order valence-electron chi connectivity index (χ1n) is 7.59. The molecule has 3 aromatic rings. The Morgan fingerprint density at radius 2 is 2.21 bits per heavy atom. The molecule has 3 rings (SSSR count). The van der Waals surface area contributed by atoms with E-state index in [4.69, 9.17) is 5.73 Å². The van der Waals surface area contributed by atoms with Crippen LogP contribution in [0.2, 0.25) is 0 Å². The van der Waals surface area contributed by atoms with Crippen LogP contribution in [-0.2, 0) is 13.1 Å². The first-order chi connectivity index (χ1) is 11.5. The summed E-state index contributed by atoms with van der Waals surface area (Å²) in [6.07, 6.45) is 1.58. The number of carbonyl (C=O) groups excluding carboxylic acids is 1. The third-order valence-electron chi connectivity index (χ3n) is 3.85. The number of thiophene rings is 1. The molecule has 0 bridgehead atoms. The summed E-state index contributed by atoms with van der Waals surface area (Å²) in [6.45, 7) is 5.00. The van der Waals surface area contributed by atoms with Crippen molar-refractivity contribution >= 4 is 23.1 Å². The number of nitrogens with one attached hydrogen (secondary N) is 1. The second-order valence-electron chi connectivity index (χ2n) is 5.53. The smallest absolute Gasteiger partial charge is 0.253 e. The van der Waals surface area contributed by atoms with E-state index in [2.05, 4.69) is 31.3 Å². The van der Waals surface area contributed by atoms with Crippen molar-refractivity contribution in [1.29, 1.82) is 0 Å². The molecule has 3 heterocycles. The van der Waals surface area contributed by atoms with E-state index in [9.17, 15) is 4.79 Å². The van der Waals surface area contributed by atoms with Crippen molar-refractivity contribution in [2.75, 3.05) is 5.73 Å². The van der Waals surface area contributed by atoms with Gasteiger partial charge in [-0.05, 0) is 37.4 Å². The van der Waals surface area contributed by atoms with Gasteiger partial charge >= 0.3 is 0 Å². The van der Waals surface area contributed by atoms with Gasteiger partial charge in [0.2, 0.25) is 0 Å². The predicted octanol–water partition coefficient (Wildman–Crippen LogP) is 2.52. The van der Waals surface area contributed by atoms with E-state index in [0.29, 0.717) is 17.2 Å². The normalized spacial score (nSPS) is 10.8. The zero-order valence-corrected chi connectivity index (χ0v) is 14.4. The molecule has 0 saturated carbocycles. The molecule has 0 radical (unpaired) electrons. The van der Waals surface area contributed by atoms with Crippen LogP contribution in [0.3, 0.4) is 0 Å². The minimum Gasteiger partial charge on any atom is -0.384 e. The molecule has 0 atom stereocenters. The number of aryl methyl sites for hydroxylation is 1. The zero-order chi connectivity index (χ0) is 17.1. The average molecular weight is 341 g/mol. The van der Waals surface area contributed by atoms with Crippen LogP contribution in [0.15, 0.2) is 35.8 Å². The largest absolute Gasteiger partial charge is 0.384 e. The molecular formula is C17H19N5OS. The monoisotopic (exact) mass is 341 g/mol. The number of hydrogen-bond acceptors (Lipinski definition) is 5. The first kappa shape index (κ1) is 16.2. The van der Waals surface area contributed by atoms with Crippen LogP contribution in [-0.4, -0.2) is 20.4 Å². The number of hydrogen-bond donors (Lipinski definition) is 2. The number of aromatic nitrogens is 3. The molecule has 3 N–H and O–H groups in total. The molecule has 0 aromatic carbocycles. The number of amides is 1. The zero-order valence-electron chi connectivity index (χ0n) is 13.6. The van der Waals surface area contributed by atoms with E-state index in [1.165, 1.54) is 4.88 Å². The van der Waals surface area contributed by atoms with Crippen LogP contribution >= 0.6 is 11.3 Å². The van der Waals surface area contributed by atoms with Crippen molar-refractivity contribution < 1.29 is 4.79 Å². The summed E-state index contributed by atoms with van der Waals surface area (Å²) in [4.78, 5) is 21.9. The maximum Gasteiger partial charge on any atom is 0.253 e. The Morgan fingerprint density at radius 3 is 2.92 bits per heavy atom. The average Bonchev–Trinajstić information content (AvgIpc) is 3.16. The highest BCUT2D eigenvalue weighted by molar-refractivity contribution is 7.09. The van der Waals surface area contributed by atoms with Gasteiger partial charge in [0, 0.05) is 22.5 Å². The molecule has 6 nitrogen and oxygen atoms in total. The lowest BCUT2D eigenvalue weighted by molar-refractivity contribution is 0.0949. The maximum absolute atomic E-state index is 12.5. The van der Waals surface area contributed by atoms with Crippen molar-refractivity contribution in [2.45, 2.75) is 26.9 Å². The van der Waals surface area contributed by atoms with Crippen molar-refractivity contribution in [1.82, 2.24) is 19.9 Å². The van der Waals surface area contributed by atoms with E-state index in [0.717, 1.165) is 17.9 Å². The number of nitrogens with two attached hydrogens (primary N) is 1. The fourth-order valence-electron chi connectivity index (χ4n) is 2.59. The quantitative estimate of drug-likeness (QED) is 0.747. The van der Waals surface area contributed by atoms with Gasteiger partial charge in [-0.15, -0.1) is 11.3 Å². The number of rotatable bonds is 5. The van der Waals surface area contributed by atoms with Crippen LogP contribution in [0.4, 0.5) is 5.82 Å². The number of carbonyl (C=O) groups is 1. The maximum atomic E-state index is 12.5. The lowest BCUT2D eigenvalue weighted by atomic mass is 10.2. The minimum absolute atomic E-state index is 0.133. The van der Waals surface area contributed by atoms with Crippen molar-refractivity contribution in [2.24, 2.45) is 0 Å². The summed E-state index contributed by atoms with van der Waals surface area (Å²) in [5.41, 5.74) is 8.31. The molecular weight excluding hydrogens is 322 g/mol. The predicted molar refractivity (Wildman–Crippen MR) is 94.9 cm³/mol. The number of nitrogens with zero attached hydrogens (tertiary/aromatic N) is 3. The highest BCUT2D eigenvalue weighted by atomic mass is 32.1. The topological polar surface area (TPSA) is 85.8 Å². The second-order valence-corrected chi connectivity index (χ2v) is 6.56. The molecule has 0 spiro atoms. The Hall–Kier alpha value is -2.67. The molecule has 1 amide bonds. The van der Waals surface area contributed by atoms with Crippen LogP contribution < -0.4 is 11.1 Å². The molecule has 0 fully saturated rings. The lowest BCUT2D eigenvalue weighted by Gasteiger charge is -2.09. The highest BCUT2D eigenvalue weighted by Crippen LogP contribution is 2.19. The van der Waals surface area contributed by atoms with Crippen LogP contribution in [0.1, 0.15) is 32.4 Å². The number of anilines is 1. The molecule has 124 valence electrons. The summed E-state index contributed by atoms with van der Waals surface area (Å²) < 4.78 is 2.15. The van der Waals surface area contributed by atoms with Gasteiger partial charge in [0.05, 0.1) is 18.7 Å². The lowest BCUT2D eigenvalue weighted by Crippen LogP contribution is -2.24. The summed E-state index contributed by atoms with van der Waals surface area (Å²) in [7, 11) is 0. The molecule has 0 aliphatic heterocycles. The van der Waals surface area contributed by atoms with Gasteiger partial charge in [-0.3, -0.25) is 4.79 Å². The van der Waals surface area contributed by atoms with Gasteiger partial charge in [-0.1, -0.05) is 6.07 Å². The Kier molecular flexibility index (Phi) is 4.61. The molecule has 0 aliphatic carbocycles. The van der Waals surface area contributed by atoms with Crippen molar-refractivity contribution in [3.63, 3.8) is 0 Å². The molecule has 0 unspecified atom stereocenters. The van der Waals surface area contributed by atoms with Crippen molar-refractivity contribution in [3.05, 3.63) is 63.5 Å². The Balaban J connectivity index is 1.73. The fourth-order valence-corrected chi connectivity index (χ4v) is 3.28. The van der Waals surface area contributed by atoms with Gasteiger partial charge in [0.15, 0.2) is 0 Å². The summed E-state index contributed by atoms with van der Waals surface area (Å²) in [5.74, 6) is 0.755. The fraction of sp³-hybridized carbons (Fsp3) is 0.235. The van der Waals surface area contributed by atoms with E-state index < -0.39 is 0 Å². The third kappa shape index (κ3) is 3.46. The van der Waals surface area contributed by atoms with Crippen LogP contribution in [0.5, 0.6) is 0 Å². The SMILES string of the molecule is Cc1cc(C(=O)NCc2nccc(N)n2)c(C)n1Cc1cccs1. The van der Waals surface area contributed by atoms with Crippen LogP contribution in [0.25, 0.3) is 0 Å². The van der Waals surface area contributed by atoms with Gasteiger partial charge in [0.25, 0.3) is 5.91 Å². The van der Waals surface area contributed by atoms with E-state index in [-0.39, 0.29) is 12.5 Å². The highest BCUT2D eigenvalue weighted by Gasteiger charge is 2.16. The first-order valence-corrected chi connectivity index (χ1v) is 8.47. The number of nitrogen functional groups attached to an aromatic ring is 1. The third-order valence-corrected chi connectivity index (χ3v) is 4.71. The molecule has 3 aromatic heterocycles. The molecule has 0 saturated heterocycles. The minimum atomic E-state index is -0.133. The van der Waals surface area contributed by atoms with E-state index >= 15 is 0 Å². The van der Waals surface area contributed by atoms with Gasteiger partial charge in [-0.2, -0.15) is 0 Å². The Bertz CT molecular complexity index is 854. The van der Waals surface area contributed by atoms with Gasteiger partial charge in [0.1, 0.15) is 11.6 Å². The summed E-state index contributed by atoms with van der Waals surface area (Å²) >= 11 is 1.71.